The largest absolute Gasteiger partial charge is 0.496 e. The summed E-state index contributed by atoms with van der Waals surface area (Å²) in [4.78, 5) is 36.7. The molecule has 27 heavy (non-hydrogen) atoms. The maximum atomic E-state index is 12.6. The number of nitrogens with zero attached hydrogens (tertiary/aromatic N) is 2. The summed E-state index contributed by atoms with van der Waals surface area (Å²) in [5.41, 5.74) is 0.291. The number of nitro groups is 1. The number of carbonyl (C=O) groups excluding carboxylic acids is 2. The van der Waals surface area contributed by atoms with Crippen molar-refractivity contribution in [3.63, 3.8) is 0 Å². The second-order valence-corrected chi connectivity index (χ2v) is 5.91. The van der Waals surface area contributed by atoms with E-state index < -0.39 is 23.4 Å². The Morgan fingerprint density at radius 1 is 1.15 bits per heavy atom. The molecule has 0 heterocycles. The van der Waals surface area contributed by atoms with Gasteiger partial charge in [0.15, 0.2) is 6.61 Å². The average molecular weight is 372 g/mol. The van der Waals surface area contributed by atoms with Crippen molar-refractivity contribution in [3.8, 4) is 5.75 Å². The van der Waals surface area contributed by atoms with Crippen LogP contribution < -0.4 is 9.64 Å². The van der Waals surface area contributed by atoms with Crippen molar-refractivity contribution >= 4 is 23.3 Å². The normalized spacial score (nSPS) is 10.4. The maximum Gasteiger partial charge on any atom is 0.342 e. The number of benzene rings is 2. The van der Waals surface area contributed by atoms with Crippen LogP contribution in [0.5, 0.6) is 5.75 Å². The molecule has 142 valence electrons. The quantitative estimate of drug-likeness (QED) is 0.420. The predicted octanol–water partition coefficient (Wildman–Crippen LogP) is 3.20. The molecule has 0 bridgehead atoms. The molecule has 0 radical (unpaired) electrons. The zero-order valence-electron chi connectivity index (χ0n) is 15.2. The standard InChI is InChI=1S/C19H20N2O6/c1-13(2)20(14-7-5-4-6-8-14)18(22)12-27-19(23)16-11-15(21(24)25)9-10-17(16)26-3/h4-11,13H,12H2,1-3H3. The molecule has 0 N–H and O–H groups in total. The van der Waals surface area contributed by atoms with Crippen LogP contribution in [0.2, 0.25) is 0 Å². The van der Waals surface area contributed by atoms with E-state index in [0.717, 1.165) is 6.07 Å². The van der Waals surface area contributed by atoms with Crippen molar-refractivity contribution in [2.45, 2.75) is 19.9 Å². The Labute approximate surface area is 156 Å². The maximum absolute atomic E-state index is 12.6. The predicted molar refractivity (Wildman–Crippen MR) is 99.0 cm³/mol. The van der Waals surface area contributed by atoms with E-state index in [4.69, 9.17) is 9.47 Å². The van der Waals surface area contributed by atoms with Gasteiger partial charge in [-0.2, -0.15) is 0 Å². The lowest BCUT2D eigenvalue weighted by atomic mass is 10.2. The molecule has 0 saturated carbocycles. The highest BCUT2D eigenvalue weighted by Crippen LogP contribution is 2.25. The van der Waals surface area contributed by atoms with Gasteiger partial charge in [0.25, 0.3) is 11.6 Å². The van der Waals surface area contributed by atoms with Crippen LogP contribution in [0.25, 0.3) is 0 Å². The molecule has 0 aromatic heterocycles. The fraction of sp³-hybridized carbons (Fsp3) is 0.263. The number of ether oxygens (including phenoxy) is 2. The van der Waals surface area contributed by atoms with Crippen LogP contribution >= 0.6 is 0 Å². The number of para-hydroxylation sites is 1. The number of anilines is 1. The van der Waals surface area contributed by atoms with Crippen LogP contribution in [0.1, 0.15) is 24.2 Å². The summed E-state index contributed by atoms with van der Waals surface area (Å²) in [6.45, 7) is 3.18. The summed E-state index contributed by atoms with van der Waals surface area (Å²) in [5, 5.41) is 10.9. The third-order valence-electron chi connectivity index (χ3n) is 3.76. The summed E-state index contributed by atoms with van der Waals surface area (Å²) in [6, 6.07) is 12.4. The van der Waals surface area contributed by atoms with Gasteiger partial charge in [-0.1, -0.05) is 18.2 Å². The zero-order chi connectivity index (χ0) is 20.0. The second-order valence-electron chi connectivity index (χ2n) is 5.91. The second kappa shape index (κ2) is 8.79. The van der Waals surface area contributed by atoms with Crippen molar-refractivity contribution in [3.05, 3.63) is 64.2 Å². The van der Waals surface area contributed by atoms with Gasteiger partial charge in [0.2, 0.25) is 0 Å². The van der Waals surface area contributed by atoms with Gasteiger partial charge < -0.3 is 14.4 Å². The molecule has 2 aromatic carbocycles. The topological polar surface area (TPSA) is 99.0 Å². The number of hydrogen-bond donors (Lipinski definition) is 0. The van der Waals surface area contributed by atoms with Crippen LogP contribution in [0.3, 0.4) is 0 Å². The Morgan fingerprint density at radius 3 is 2.37 bits per heavy atom. The van der Waals surface area contributed by atoms with Gasteiger partial charge >= 0.3 is 5.97 Å². The fourth-order valence-electron chi connectivity index (χ4n) is 2.56. The van der Waals surface area contributed by atoms with E-state index in [2.05, 4.69) is 0 Å². The van der Waals surface area contributed by atoms with E-state index in [-0.39, 0.29) is 23.0 Å². The lowest BCUT2D eigenvalue weighted by Gasteiger charge is -2.26. The SMILES string of the molecule is COc1ccc([N+](=O)[O-])cc1C(=O)OCC(=O)N(c1ccccc1)C(C)C. The van der Waals surface area contributed by atoms with E-state index in [1.807, 2.05) is 19.9 Å². The molecule has 8 heteroatoms. The molecular weight excluding hydrogens is 352 g/mol. The van der Waals surface area contributed by atoms with E-state index in [0.29, 0.717) is 5.69 Å². The lowest BCUT2D eigenvalue weighted by molar-refractivity contribution is -0.384. The van der Waals surface area contributed by atoms with Crippen LogP contribution in [0, 0.1) is 10.1 Å². The summed E-state index contributed by atoms with van der Waals surface area (Å²) in [7, 11) is 1.33. The molecule has 0 atom stereocenters. The van der Waals surface area contributed by atoms with Crippen LogP contribution in [0.15, 0.2) is 48.5 Å². The highest BCUT2D eigenvalue weighted by molar-refractivity contribution is 5.98. The highest BCUT2D eigenvalue weighted by atomic mass is 16.6. The minimum atomic E-state index is -0.874. The first-order chi connectivity index (χ1) is 12.8. The smallest absolute Gasteiger partial charge is 0.342 e. The Hall–Kier alpha value is -3.42. The molecule has 0 aliphatic carbocycles. The van der Waals surface area contributed by atoms with E-state index in [1.54, 1.807) is 24.3 Å². The molecule has 1 amide bonds. The van der Waals surface area contributed by atoms with Crippen molar-refractivity contribution in [2.24, 2.45) is 0 Å². The number of amides is 1. The number of nitro benzene ring substituents is 1. The van der Waals surface area contributed by atoms with Gasteiger partial charge in [0.05, 0.1) is 12.0 Å². The first-order valence-electron chi connectivity index (χ1n) is 8.21. The Balaban J connectivity index is 2.15. The van der Waals surface area contributed by atoms with Crippen molar-refractivity contribution in [1.82, 2.24) is 0 Å². The molecular formula is C19H20N2O6. The van der Waals surface area contributed by atoms with Gasteiger partial charge in [0, 0.05) is 23.9 Å². The number of esters is 1. The summed E-state index contributed by atoms with van der Waals surface area (Å²) in [5.74, 6) is -1.16. The molecule has 8 nitrogen and oxygen atoms in total. The first kappa shape index (κ1) is 19.9. The van der Waals surface area contributed by atoms with Gasteiger partial charge in [0.1, 0.15) is 11.3 Å². The molecule has 0 aliphatic heterocycles. The van der Waals surface area contributed by atoms with Crippen LogP contribution in [0.4, 0.5) is 11.4 Å². The van der Waals surface area contributed by atoms with Crippen molar-refractivity contribution < 1.29 is 24.0 Å². The third-order valence-corrected chi connectivity index (χ3v) is 3.76. The number of carbonyl (C=O) groups is 2. The number of non-ortho nitro benzene ring substituents is 1. The molecule has 2 aromatic rings. The van der Waals surface area contributed by atoms with Crippen LogP contribution in [-0.4, -0.2) is 36.6 Å². The number of hydrogen-bond acceptors (Lipinski definition) is 6. The minimum absolute atomic E-state index is 0.115. The Bertz CT molecular complexity index is 835. The van der Waals surface area contributed by atoms with Crippen molar-refractivity contribution in [1.29, 1.82) is 0 Å². The molecule has 0 saturated heterocycles. The minimum Gasteiger partial charge on any atom is -0.496 e. The van der Waals surface area contributed by atoms with Crippen LogP contribution in [-0.2, 0) is 9.53 Å². The first-order valence-corrected chi connectivity index (χ1v) is 8.21. The van der Waals surface area contributed by atoms with Gasteiger partial charge in [-0.05, 0) is 32.0 Å². The highest BCUT2D eigenvalue weighted by Gasteiger charge is 2.23. The summed E-state index contributed by atoms with van der Waals surface area (Å²) < 4.78 is 10.1. The van der Waals surface area contributed by atoms with E-state index in [9.17, 15) is 19.7 Å². The van der Waals surface area contributed by atoms with Gasteiger partial charge in [-0.25, -0.2) is 4.79 Å². The third kappa shape index (κ3) is 4.81. The molecule has 0 aliphatic rings. The monoisotopic (exact) mass is 372 g/mol. The van der Waals surface area contributed by atoms with Crippen molar-refractivity contribution in [2.75, 3.05) is 18.6 Å². The molecule has 2 rings (SSSR count). The van der Waals surface area contributed by atoms with Gasteiger partial charge in [-0.3, -0.25) is 14.9 Å². The number of rotatable bonds is 7. The summed E-state index contributed by atoms with van der Waals surface area (Å²) >= 11 is 0. The Morgan fingerprint density at radius 2 is 1.81 bits per heavy atom. The van der Waals surface area contributed by atoms with E-state index in [1.165, 1.54) is 24.1 Å². The average Bonchev–Trinajstić information content (AvgIpc) is 2.66. The lowest BCUT2D eigenvalue weighted by Crippen LogP contribution is -2.39. The zero-order valence-corrected chi connectivity index (χ0v) is 15.2. The fourth-order valence-corrected chi connectivity index (χ4v) is 2.56. The number of methoxy groups -OCH3 is 1. The molecule has 0 unspecified atom stereocenters. The molecule has 0 fully saturated rings. The van der Waals surface area contributed by atoms with Gasteiger partial charge in [-0.15, -0.1) is 0 Å². The summed E-state index contributed by atoms with van der Waals surface area (Å²) in [6.07, 6.45) is 0. The Kier molecular flexibility index (Phi) is 6.48. The van der Waals surface area contributed by atoms with E-state index >= 15 is 0 Å². The molecule has 0 spiro atoms.